The Kier molecular flexibility index (Phi) is 5.15. The van der Waals surface area contributed by atoms with Crippen molar-refractivity contribution in [3.63, 3.8) is 0 Å². The van der Waals surface area contributed by atoms with Crippen molar-refractivity contribution in [1.82, 2.24) is 14.9 Å². The number of fused-ring (bicyclic) bond motifs is 1. The molecule has 0 bridgehead atoms. The summed E-state index contributed by atoms with van der Waals surface area (Å²) in [5.74, 6) is -1.79. The van der Waals surface area contributed by atoms with Crippen LogP contribution in [-0.4, -0.2) is 52.5 Å². The van der Waals surface area contributed by atoms with Crippen LogP contribution in [0.2, 0.25) is 0 Å². The Morgan fingerprint density at radius 3 is 2.90 bits per heavy atom. The molecule has 2 amide bonds. The first-order chi connectivity index (χ1) is 13.8. The summed E-state index contributed by atoms with van der Waals surface area (Å²) in [5, 5.41) is 4.72. The number of aromatic nitrogens is 2. The average molecular weight is 425 g/mol. The zero-order valence-electron chi connectivity index (χ0n) is 15.3. The fraction of sp³-hybridized carbons (Fsp3) is 0.444. The molecule has 0 aromatic carbocycles. The molecule has 0 saturated carbocycles. The Labute approximate surface area is 168 Å². The molecule has 0 aliphatic carbocycles. The topological polar surface area (TPSA) is 78.4 Å². The molecule has 29 heavy (non-hydrogen) atoms. The van der Waals surface area contributed by atoms with Gasteiger partial charge in [0.15, 0.2) is 5.82 Å². The van der Waals surface area contributed by atoms with Crippen LogP contribution in [0.5, 0.6) is 0 Å². The maximum absolute atomic E-state index is 13.1. The second-order valence-corrected chi connectivity index (χ2v) is 7.76. The number of pyridine rings is 1. The molecular formula is C18H18F3N5O2S. The van der Waals surface area contributed by atoms with Crippen LogP contribution >= 0.6 is 11.3 Å². The molecule has 0 radical (unpaired) electrons. The first-order valence-electron chi connectivity index (χ1n) is 9.10. The number of nitrogens with zero attached hydrogens (tertiary/aromatic N) is 4. The van der Waals surface area contributed by atoms with Gasteiger partial charge in [-0.15, -0.1) is 11.3 Å². The second-order valence-electron chi connectivity index (χ2n) is 7.04. The number of hydrogen-bond donors (Lipinski definition) is 1. The zero-order valence-corrected chi connectivity index (χ0v) is 16.1. The number of anilines is 2. The van der Waals surface area contributed by atoms with Gasteiger partial charge in [-0.2, -0.15) is 13.2 Å². The van der Waals surface area contributed by atoms with Crippen molar-refractivity contribution in [2.45, 2.75) is 25.6 Å². The van der Waals surface area contributed by atoms with E-state index in [-0.39, 0.29) is 44.1 Å². The number of halogens is 3. The number of rotatable bonds is 3. The van der Waals surface area contributed by atoms with Crippen molar-refractivity contribution >= 4 is 34.7 Å². The molecule has 1 saturated heterocycles. The number of hydrogen-bond acceptors (Lipinski definition) is 6. The fourth-order valence-electron chi connectivity index (χ4n) is 3.56. The third-order valence-corrected chi connectivity index (χ3v) is 5.72. The molecular weight excluding hydrogens is 407 g/mol. The van der Waals surface area contributed by atoms with Crippen LogP contribution in [-0.2, 0) is 11.3 Å². The summed E-state index contributed by atoms with van der Waals surface area (Å²) in [6.45, 7) is 0.203. The van der Waals surface area contributed by atoms with E-state index >= 15 is 0 Å². The minimum atomic E-state index is -4.33. The molecule has 2 aromatic heterocycles. The van der Waals surface area contributed by atoms with E-state index in [4.69, 9.17) is 0 Å². The molecule has 4 heterocycles. The summed E-state index contributed by atoms with van der Waals surface area (Å²) in [6, 6.07) is 1.51. The molecule has 2 aliphatic heterocycles. The smallest absolute Gasteiger partial charge is 0.359 e. The highest BCUT2D eigenvalue weighted by Gasteiger charge is 2.43. The maximum Gasteiger partial charge on any atom is 0.393 e. The number of likely N-dealkylation sites (tertiary alicyclic amines) is 1. The number of carbonyl (C=O) groups is 2. The monoisotopic (exact) mass is 425 g/mol. The average Bonchev–Trinajstić information content (AvgIpc) is 3.22. The lowest BCUT2D eigenvalue weighted by molar-refractivity contribution is -0.184. The summed E-state index contributed by atoms with van der Waals surface area (Å²) in [6.07, 6.45) is -2.67. The normalized spacial score (nSPS) is 19.7. The zero-order chi connectivity index (χ0) is 20.6. The minimum Gasteiger partial charge on any atom is -0.359 e. The highest BCUT2D eigenvalue weighted by molar-refractivity contribution is 7.07. The van der Waals surface area contributed by atoms with Gasteiger partial charge in [0.05, 0.1) is 41.5 Å². The van der Waals surface area contributed by atoms with Gasteiger partial charge in [0.2, 0.25) is 5.91 Å². The standard InChI is InChI=1S/C18H18F3N5O2S/c19-18(20,21)12-2-1-3-25(7-12)17(28)11-4-14-16(22-5-11)23-6-15(27)26(14)8-13-9-29-10-24-13/h4-5,9-10,12H,1-3,6-8H2,(H,22,23). The van der Waals surface area contributed by atoms with Gasteiger partial charge in [-0.05, 0) is 18.9 Å². The van der Waals surface area contributed by atoms with E-state index in [9.17, 15) is 22.8 Å². The van der Waals surface area contributed by atoms with Crippen molar-refractivity contribution in [2.75, 3.05) is 29.9 Å². The summed E-state index contributed by atoms with van der Waals surface area (Å²) >= 11 is 1.41. The predicted molar refractivity (Wildman–Crippen MR) is 101 cm³/mol. The van der Waals surface area contributed by atoms with Crippen molar-refractivity contribution in [3.8, 4) is 0 Å². The van der Waals surface area contributed by atoms with Crippen molar-refractivity contribution in [1.29, 1.82) is 0 Å². The van der Waals surface area contributed by atoms with Crippen molar-refractivity contribution < 1.29 is 22.8 Å². The number of carbonyl (C=O) groups excluding carboxylic acids is 2. The van der Waals surface area contributed by atoms with Crippen LogP contribution < -0.4 is 10.2 Å². The van der Waals surface area contributed by atoms with E-state index in [0.29, 0.717) is 23.6 Å². The van der Waals surface area contributed by atoms with E-state index in [1.165, 1.54) is 33.4 Å². The van der Waals surface area contributed by atoms with Gasteiger partial charge in [0.25, 0.3) is 5.91 Å². The largest absolute Gasteiger partial charge is 0.393 e. The SMILES string of the molecule is O=C(c1cnc2c(c1)N(Cc1cscn1)C(=O)CN2)N1CCCC(C(F)(F)F)C1. The van der Waals surface area contributed by atoms with Crippen molar-refractivity contribution in [3.05, 3.63) is 34.4 Å². The number of thiazole rings is 1. The molecule has 0 spiro atoms. The Morgan fingerprint density at radius 2 is 2.17 bits per heavy atom. The van der Waals surface area contributed by atoms with Crippen LogP contribution in [0, 0.1) is 5.92 Å². The first-order valence-corrected chi connectivity index (χ1v) is 10.0. The van der Waals surface area contributed by atoms with Crippen LogP contribution in [0.4, 0.5) is 24.7 Å². The Bertz CT molecular complexity index is 919. The highest BCUT2D eigenvalue weighted by Crippen LogP contribution is 2.34. The first kappa shape index (κ1) is 19.6. The summed E-state index contributed by atoms with van der Waals surface area (Å²) in [4.78, 5) is 36.4. The number of nitrogens with one attached hydrogen (secondary N) is 1. The molecule has 2 aromatic rings. The van der Waals surface area contributed by atoms with E-state index in [1.807, 2.05) is 5.38 Å². The van der Waals surface area contributed by atoms with E-state index in [0.717, 1.165) is 0 Å². The van der Waals surface area contributed by atoms with E-state index < -0.39 is 18.0 Å². The molecule has 1 fully saturated rings. The number of piperidine rings is 1. The molecule has 4 rings (SSSR count). The summed E-state index contributed by atoms with van der Waals surface area (Å²) in [5.41, 5.74) is 2.95. The predicted octanol–water partition coefficient (Wildman–Crippen LogP) is 2.91. The lowest BCUT2D eigenvalue weighted by Crippen LogP contribution is -2.45. The molecule has 7 nitrogen and oxygen atoms in total. The van der Waals surface area contributed by atoms with Gasteiger partial charge >= 0.3 is 6.18 Å². The van der Waals surface area contributed by atoms with Crippen LogP contribution in [0.15, 0.2) is 23.2 Å². The fourth-order valence-corrected chi connectivity index (χ4v) is 4.11. The Hall–Kier alpha value is -2.69. The minimum absolute atomic E-state index is 0.0234. The number of alkyl halides is 3. The lowest BCUT2D eigenvalue weighted by Gasteiger charge is -2.34. The maximum atomic E-state index is 13.1. The summed E-state index contributed by atoms with van der Waals surface area (Å²) < 4.78 is 39.2. The van der Waals surface area contributed by atoms with Gasteiger partial charge < -0.3 is 15.1 Å². The van der Waals surface area contributed by atoms with E-state index in [1.54, 1.807) is 5.51 Å². The van der Waals surface area contributed by atoms with Crippen molar-refractivity contribution in [2.24, 2.45) is 5.92 Å². The quantitative estimate of drug-likeness (QED) is 0.818. The Balaban J connectivity index is 1.59. The third kappa shape index (κ3) is 4.04. The van der Waals surface area contributed by atoms with Gasteiger partial charge in [-0.1, -0.05) is 0 Å². The summed E-state index contributed by atoms with van der Waals surface area (Å²) in [7, 11) is 0. The molecule has 1 atom stereocenters. The third-order valence-electron chi connectivity index (χ3n) is 5.09. The van der Waals surface area contributed by atoms with Gasteiger partial charge in [0, 0.05) is 24.7 Å². The van der Waals surface area contributed by atoms with E-state index in [2.05, 4.69) is 15.3 Å². The van der Waals surface area contributed by atoms with Gasteiger partial charge in [0.1, 0.15) is 0 Å². The molecule has 1 unspecified atom stereocenters. The number of amides is 2. The molecule has 11 heteroatoms. The van der Waals surface area contributed by atoms with Crippen LogP contribution in [0.3, 0.4) is 0 Å². The molecule has 1 N–H and O–H groups in total. The molecule has 154 valence electrons. The second kappa shape index (κ2) is 7.62. The Morgan fingerprint density at radius 1 is 1.34 bits per heavy atom. The molecule has 2 aliphatic rings. The van der Waals surface area contributed by atoms with Crippen LogP contribution in [0.25, 0.3) is 0 Å². The van der Waals surface area contributed by atoms with Gasteiger partial charge in [-0.3, -0.25) is 9.59 Å². The van der Waals surface area contributed by atoms with Crippen LogP contribution in [0.1, 0.15) is 28.9 Å². The lowest BCUT2D eigenvalue weighted by atomic mass is 9.97. The van der Waals surface area contributed by atoms with Gasteiger partial charge in [-0.25, -0.2) is 9.97 Å². The highest BCUT2D eigenvalue weighted by atomic mass is 32.1.